The summed E-state index contributed by atoms with van der Waals surface area (Å²) in [5.41, 5.74) is 1.57. The zero-order valence-electron chi connectivity index (χ0n) is 13.8. The highest BCUT2D eigenvalue weighted by atomic mass is 35.5. The molecule has 1 unspecified atom stereocenters. The van der Waals surface area contributed by atoms with Gasteiger partial charge in [0.05, 0.1) is 15.5 Å². The molecular formula is C18H17ClN2O2S2. The van der Waals surface area contributed by atoms with Crippen molar-refractivity contribution in [3.05, 3.63) is 57.2 Å². The highest BCUT2D eigenvalue weighted by molar-refractivity contribution is 8.00. The number of aromatic nitrogens is 1. The van der Waals surface area contributed by atoms with E-state index in [9.17, 15) is 9.59 Å². The first-order valence-corrected chi connectivity index (χ1v) is 9.88. The summed E-state index contributed by atoms with van der Waals surface area (Å²) in [6, 6.07) is 13.0. The maximum Gasteiger partial charge on any atom is 0.307 e. The summed E-state index contributed by atoms with van der Waals surface area (Å²) >= 11 is 8.59. The predicted molar refractivity (Wildman–Crippen MR) is 107 cm³/mol. The lowest BCUT2D eigenvalue weighted by molar-refractivity contribution is -0.115. The van der Waals surface area contributed by atoms with Gasteiger partial charge in [-0.3, -0.25) is 9.59 Å². The molecule has 0 bridgehead atoms. The van der Waals surface area contributed by atoms with Crippen LogP contribution in [0, 0.1) is 0 Å². The Kier molecular flexibility index (Phi) is 5.51. The Morgan fingerprint density at radius 3 is 2.68 bits per heavy atom. The van der Waals surface area contributed by atoms with Crippen molar-refractivity contribution in [3.63, 3.8) is 0 Å². The molecule has 25 heavy (non-hydrogen) atoms. The Hall–Kier alpha value is -1.76. The SMILES string of the molecule is CCC(Sc1ccc(Cl)cc1)C(=O)Nc1ccc2c(c1)sc(=O)n2C. The minimum absolute atomic E-state index is 0.0109. The topological polar surface area (TPSA) is 51.1 Å². The van der Waals surface area contributed by atoms with Crippen molar-refractivity contribution in [2.75, 3.05) is 5.32 Å². The second kappa shape index (κ2) is 7.64. The van der Waals surface area contributed by atoms with Crippen LogP contribution in [0.1, 0.15) is 13.3 Å². The van der Waals surface area contributed by atoms with Crippen LogP contribution in [0.5, 0.6) is 0 Å². The summed E-state index contributed by atoms with van der Waals surface area (Å²) in [5.74, 6) is -0.0509. The number of benzene rings is 2. The van der Waals surface area contributed by atoms with E-state index in [1.54, 1.807) is 11.6 Å². The molecular weight excluding hydrogens is 376 g/mol. The standard InChI is InChI=1S/C18H17ClN2O2S2/c1-3-15(24-13-7-4-11(19)5-8-13)17(22)20-12-6-9-14-16(10-12)25-18(23)21(14)2/h4-10,15H,3H2,1-2H3,(H,20,22). The van der Waals surface area contributed by atoms with Gasteiger partial charge in [0.15, 0.2) is 0 Å². The van der Waals surface area contributed by atoms with Crippen LogP contribution in [0.4, 0.5) is 5.69 Å². The quantitative estimate of drug-likeness (QED) is 0.636. The van der Waals surface area contributed by atoms with Crippen LogP contribution >= 0.6 is 34.7 Å². The minimum Gasteiger partial charge on any atom is -0.325 e. The summed E-state index contributed by atoms with van der Waals surface area (Å²) in [6.45, 7) is 1.99. The molecule has 0 saturated carbocycles. The highest BCUT2D eigenvalue weighted by Crippen LogP contribution is 2.28. The van der Waals surface area contributed by atoms with E-state index in [4.69, 9.17) is 11.6 Å². The Morgan fingerprint density at radius 1 is 1.28 bits per heavy atom. The number of hydrogen-bond acceptors (Lipinski definition) is 4. The molecule has 1 N–H and O–H groups in total. The number of thiazole rings is 1. The number of hydrogen-bond donors (Lipinski definition) is 1. The van der Waals surface area contributed by atoms with E-state index >= 15 is 0 Å². The van der Waals surface area contributed by atoms with Gasteiger partial charge in [-0.05, 0) is 48.9 Å². The third-order valence-corrected chi connectivity index (χ3v) is 6.44. The van der Waals surface area contributed by atoms with E-state index in [1.807, 2.05) is 49.4 Å². The molecule has 1 atom stereocenters. The third kappa shape index (κ3) is 4.08. The van der Waals surface area contributed by atoms with Gasteiger partial charge in [0, 0.05) is 22.7 Å². The minimum atomic E-state index is -0.202. The fourth-order valence-corrected chi connectivity index (χ4v) is 4.43. The molecule has 1 amide bonds. The van der Waals surface area contributed by atoms with Crippen molar-refractivity contribution in [2.24, 2.45) is 7.05 Å². The number of amides is 1. The van der Waals surface area contributed by atoms with Gasteiger partial charge in [0.25, 0.3) is 0 Å². The smallest absolute Gasteiger partial charge is 0.307 e. The molecule has 0 aliphatic rings. The number of anilines is 1. The molecule has 0 aliphatic heterocycles. The van der Waals surface area contributed by atoms with Crippen molar-refractivity contribution in [2.45, 2.75) is 23.5 Å². The van der Waals surface area contributed by atoms with Gasteiger partial charge in [-0.15, -0.1) is 11.8 Å². The fraction of sp³-hybridized carbons (Fsp3) is 0.222. The van der Waals surface area contributed by atoms with Gasteiger partial charge < -0.3 is 9.88 Å². The first kappa shape index (κ1) is 18.0. The number of carbonyl (C=O) groups is 1. The van der Waals surface area contributed by atoms with Crippen molar-refractivity contribution in [1.29, 1.82) is 0 Å². The molecule has 3 rings (SSSR count). The van der Waals surface area contributed by atoms with E-state index in [0.717, 1.165) is 15.1 Å². The molecule has 2 aromatic carbocycles. The Labute approximate surface area is 158 Å². The monoisotopic (exact) mass is 392 g/mol. The average molecular weight is 393 g/mol. The van der Waals surface area contributed by atoms with Gasteiger partial charge in [-0.25, -0.2) is 0 Å². The molecule has 0 spiro atoms. The van der Waals surface area contributed by atoms with Crippen LogP contribution in [0.15, 0.2) is 52.2 Å². The Balaban J connectivity index is 1.75. The molecule has 7 heteroatoms. The highest BCUT2D eigenvalue weighted by Gasteiger charge is 2.18. The molecule has 1 aromatic heterocycles. The summed E-state index contributed by atoms with van der Waals surface area (Å²) in [4.78, 5) is 25.3. The molecule has 0 aliphatic carbocycles. The van der Waals surface area contributed by atoms with E-state index < -0.39 is 0 Å². The lowest BCUT2D eigenvalue weighted by Crippen LogP contribution is -2.24. The Bertz CT molecular complexity index is 963. The van der Waals surface area contributed by atoms with Crippen LogP contribution in [0.3, 0.4) is 0 Å². The normalized spacial score (nSPS) is 12.3. The zero-order chi connectivity index (χ0) is 18.0. The van der Waals surface area contributed by atoms with Gasteiger partial charge >= 0.3 is 4.87 Å². The number of nitrogens with zero attached hydrogens (tertiary/aromatic N) is 1. The average Bonchev–Trinajstić information content (AvgIpc) is 2.88. The lowest BCUT2D eigenvalue weighted by Gasteiger charge is -2.15. The maximum atomic E-state index is 12.6. The van der Waals surface area contributed by atoms with Gasteiger partial charge in [-0.2, -0.15) is 0 Å². The number of thioether (sulfide) groups is 1. The largest absolute Gasteiger partial charge is 0.325 e. The summed E-state index contributed by atoms with van der Waals surface area (Å²) < 4.78 is 2.47. The van der Waals surface area contributed by atoms with E-state index in [0.29, 0.717) is 17.1 Å². The second-order valence-electron chi connectivity index (χ2n) is 5.57. The number of carbonyl (C=O) groups excluding carboxylic acids is 1. The summed E-state index contributed by atoms with van der Waals surface area (Å²) in [5, 5.41) is 3.43. The van der Waals surface area contributed by atoms with Crippen molar-refractivity contribution < 1.29 is 4.79 Å². The van der Waals surface area contributed by atoms with Crippen LogP contribution in [0.2, 0.25) is 5.02 Å². The molecule has 4 nitrogen and oxygen atoms in total. The van der Waals surface area contributed by atoms with Gasteiger partial charge in [0.2, 0.25) is 5.91 Å². The van der Waals surface area contributed by atoms with Crippen LogP contribution in [0.25, 0.3) is 10.2 Å². The lowest BCUT2D eigenvalue weighted by atomic mass is 10.2. The predicted octanol–water partition coefficient (Wildman–Crippen LogP) is 4.76. The number of halogens is 1. The van der Waals surface area contributed by atoms with E-state index in [1.165, 1.54) is 23.1 Å². The number of aryl methyl sites for hydroxylation is 1. The second-order valence-corrected chi connectivity index (χ2v) is 8.27. The Morgan fingerprint density at radius 2 is 2.00 bits per heavy atom. The van der Waals surface area contributed by atoms with Crippen molar-refractivity contribution in [3.8, 4) is 0 Å². The van der Waals surface area contributed by atoms with Crippen LogP contribution in [-0.4, -0.2) is 15.7 Å². The molecule has 0 fully saturated rings. The molecule has 130 valence electrons. The summed E-state index contributed by atoms with van der Waals surface area (Å²) in [7, 11) is 1.75. The third-order valence-electron chi connectivity index (χ3n) is 3.82. The van der Waals surface area contributed by atoms with E-state index in [-0.39, 0.29) is 16.0 Å². The zero-order valence-corrected chi connectivity index (χ0v) is 16.2. The molecule has 0 saturated heterocycles. The first-order valence-electron chi connectivity index (χ1n) is 7.80. The maximum absolute atomic E-state index is 12.6. The van der Waals surface area contributed by atoms with Crippen molar-refractivity contribution in [1.82, 2.24) is 4.57 Å². The molecule has 0 radical (unpaired) electrons. The van der Waals surface area contributed by atoms with Gasteiger partial charge in [-0.1, -0.05) is 29.9 Å². The molecule has 1 heterocycles. The fourth-order valence-electron chi connectivity index (χ4n) is 2.43. The van der Waals surface area contributed by atoms with Crippen LogP contribution < -0.4 is 10.2 Å². The number of fused-ring (bicyclic) bond motifs is 1. The van der Waals surface area contributed by atoms with E-state index in [2.05, 4.69) is 5.32 Å². The number of rotatable bonds is 5. The van der Waals surface area contributed by atoms with Crippen LogP contribution in [-0.2, 0) is 11.8 Å². The molecule has 3 aromatic rings. The number of nitrogens with one attached hydrogen (secondary N) is 1. The summed E-state index contributed by atoms with van der Waals surface area (Å²) in [6.07, 6.45) is 0.708. The first-order chi connectivity index (χ1) is 12.0. The van der Waals surface area contributed by atoms with Crippen molar-refractivity contribution >= 4 is 56.5 Å². The van der Waals surface area contributed by atoms with Gasteiger partial charge in [0.1, 0.15) is 0 Å².